The summed E-state index contributed by atoms with van der Waals surface area (Å²) < 4.78 is 17.0. The lowest BCUT2D eigenvalue weighted by Gasteiger charge is -2.13. The van der Waals surface area contributed by atoms with Gasteiger partial charge in [-0.05, 0) is 79.8 Å². The Bertz CT molecular complexity index is 1270. The maximum atomic E-state index is 12.8. The summed E-state index contributed by atoms with van der Waals surface area (Å²) in [7, 11) is 0. The number of esters is 2. The normalized spacial score (nSPS) is 11.6. The highest BCUT2D eigenvalue weighted by atomic mass is 35.5. The highest BCUT2D eigenvalue weighted by Gasteiger charge is 2.14. The minimum Gasteiger partial charge on any atom is -0.492 e. The van der Waals surface area contributed by atoms with Crippen LogP contribution in [0.4, 0.5) is 0 Å². The molecule has 6 heteroatoms. The number of carbonyl (C=O) groups is 2. The van der Waals surface area contributed by atoms with Crippen LogP contribution in [0.15, 0.2) is 66.7 Å². The van der Waals surface area contributed by atoms with Crippen molar-refractivity contribution in [2.45, 2.75) is 110 Å². The Morgan fingerprint density at radius 3 is 1.82 bits per heavy atom. The Morgan fingerprint density at radius 1 is 0.659 bits per heavy atom. The molecule has 0 saturated heterocycles. The van der Waals surface area contributed by atoms with Crippen LogP contribution in [0.3, 0.4) is 0 Å². The van der Waals surface area contributed by atoms with Gasteiger partial charge in [0, 0.05) is 0 Å². The van der Waals surface area contributed by atoms with Gasteiger partial charge in [-0.25, -0.2) is 9.59 Å². The van der Waals surface area contributed by atoms with Gasteiger partial charge in [0.2, 0.25) is 0 Å². The average molecular weight is 621 g/mol. The molecule has 0 fully saturated rings. The van der Waals surface area contributed by atoms with Gasteiger partial charge < -0.3 is 14.2 Å². The molecule has 1 atom stereocenters. The second-order valence-electron chi connectivity index (χ2n) is 11.5. The van der Waals surface area contributed by atoms with Gasteiger partial charge in [-0.3, -0.25) is 0 Å². The molecule has 0 spiro atoms. The molecule has 44 heavy (non-hydrogen) atoms. The van der Waals surface area contributed by atoms with Crippen LogP contribution in [0.2, 0.25) is 5.02 Å². The standard InChI is InChI=1S/C38H49ClO5/c1-4-6-8-10-11-12-13-15-27-42-36-26-23-33(28-35(36)39)38(41)44-34-24-21-31(22-25-34)30-17-19-32(20-18-30)37(40)43-29(3)16-14-9-7-5-2/h17-26,28-29H,4-16,27H2,1-3H3. The number of hydrogen-bond acceptors (Lipinski definition) is 5. The van der Waals surface area contributed by atoms with E-state index in [1.54, 1.807) is 42.5 Å². The zero-order chi connectivity index (χ0) is 31.6. The van der Waals surface area contributed by atoms with Crippen LogP contribution < -0.4 is 9.47 Å². The molecule has 3 aromatic carbocycles. The van der Waals surface area contributed by atoms with E-state index in [1.807, 2.05) is 31.2 Å². The Kier molecular flexibility index (Phi) is 15.9. The van der Waals surface area contributed by atoms with E-state index < -0.39 is 5.97 Å². The minimum absolute atomic E-state index is 0.0962. The van der Waals surface area contributed by atoms with Crippen LogP contribution in [0.25, 0.3) is 11.1 Å². The summed E-state index contributed by atoms with van der Waals surface area (Å²) in [6.07, 6.45) is 15.3. The third-order valence-corrected chi connectivity index (χ3v) is 8.01. The highest BCUT2D eigenvalue weighted by Crippen LogP contribution is 2.28. The molecular weight excluding hydrogens is 572 g/mol. The Hall–Kier alpha value is -3.31. The van der Waals surface area contributed by atoms with Crippen LogP contribution in [-0.2, 0) is 4.74 Å². The van der Waals surface area contributed by atoms with Gasteiger partial charge in [0.25, 0.3) is 0 Å². The minimum atomic E-state index is -0.489. The fourth-order valence-electron chi connectivity index (χ4n) is 5.01. The van der Waals surface area contributed by atoms with E-state index in [0.29, 0.717) is 34.3 Å². The number of unbranched alkanes of at least 4 members (excludes halogenated alkanes) is 10. The lowest BCUT2D eigenvalue weighted by molar-refractivity contribution is 0.0319. The molecular formula is C38H49ClO5. The third kappa shape index (κ3) is 12.4. The van der Waals surface area contributed by atoms with Crippen molar-refractivity contribution in [3.63, 3.8) is 0 Å². The maximum Gasteiger partial charge on any atom is 0.343 e. The molecule has 0 saturated carbocycles. The summed E-state index contributed by atoms with van der Waals surface area (Å²) in [5, 5.41) is 0.392. The van der Waals surface area contributed by atoms with Crippen LogP contribution >= 0.6 is 11.6 Å². The summed E-state index contributed by atoms with van der Waals surface area (Å²) in [4.78, 5) is 25.3. The van der Waals surface area contributed by atoms with E-state index >= 15 is 0 Å². The number of carbonyl (C=O) groups excluding carboxylic acids is 2. The van der Waals surface area contributed by atoms with Crippen molar-refractivity contribution in [3.05, 3.63) is 82.9 Å². The van der Waals surface area contributed by atoms with Gasteiger partial charge >= 0.3 is 11.9 Å². The topological polar surface area (TPSA) is 61.8 Å². The number of hydrogen-bond donors (Lipinski definition) is 0. The van der Waals surface area contributed by atoms with Crippen molar-refractivity contribution in [2.75, 3.05) is 6.61 Å². The van der Waals surface area contributed by atoms with Crippen LogP contribution in [0, 0.1) is 0 Å². The molecule has 0 aromatic heterocycles. The molecule has 0 aliphatic rings. The predicted octanol–water partition coefficient (Wildman–Crippen LogP) is 11.3. The highest BCUT2D eigenvalue weighted by molar-refractivity contribution is 6.32. The van der Waals surface area contributed by atoms with E-state index in [2.05, 4.69) is 13.8 Å². The van der Waals surface area contributed by atoms with Crippen molar-refractivity contribution in [2.24, 2.45) is 0 Å². The van der Waals surface area contributed by atoms with E-state index in [4.69, 9.17) is 25.8 Å². The Morgan fingerprint density at radius 2 is 1.20 bits per heavy atom. The first kappa shape index (κ1) is 35.2. The first-order chi connectivity index (χ1) is 21.4. The molecule has 0 N–H and O–H groups in total. The van der Waals surface area contributed by atoms with E-state index in [9.17, 15) is 9.59 Å². The first-order valence-electron chi connectivity index (χ1n) is 16.5. The zero-order valence-corrected chi connectivity index (χ0v) is 27.5. The SMILES string of the molecule is CCCCCCCCCCOc1ccc(C(=O)Oc2ccc(-c3ccc(C(=O)OC(C)CCCCCC)cc3)cc2)cc1Cl. The number of rotatable bonds is 20. The molecule has 0 radical (unpaired) electrons. The van der Waals surface area contributed by atoms with Crippen molar-refractivity contribution >= 4 is 23.5 Å². The fraction of sp³-hybridized carbons (Fsp3) is 0.474. The van der Waals surface area contributed by atoms with Crippen molar-refractivity contribution in [1.29, 1.82) is 0 Å². The van der Waals surface area contributed by atoms with Crippen molar-refractivity contribution in [1.82, 2.24) is 0 Å². The molecule has 3 rings (SSSR count). The maximum absolute atomic E-state index is 12.8. The van der Waals surface area contributed by atoms with Crippen LogP contribution in [0.1, 0.15) is 125 Å². The average Bonchev–Trinajstić information content (AvgIpc) is 3.03. The van der Waals surface area contributed by atoms with Gasteiger partial charge in [0.1, 0.15) is 11.5 Å². The number of ether oxygens (including phenoxy) is 3. The summed E-state index contributed by atoms with van der Waals surface area (Å²) in [5.74, 6) is 0.214. The van der Waals surface area contributed by atoms with Gasteiger partial charge in [0.05, 0.1) is 28.9 Å². The van der Waals surface area contributed by atoms with Gasteiger partial charge in [0.15, 0.2) is 0 Å². The number of halogens is 1. The molecule has 238 valence electrons. The summed E-state index contributed by atoms with van der Waals surface area (Å²) in [5.41, 5.74) is 2.77. The molecule has 0 aliphatic carbocycles. The lowest BCUT2D eigenvalue weighted by atomic mass is 10.0. The smallest absolute Gasteiger partial charge is 0.343 e. The molecule has 0 amide bonds. The van der Waals surface area contributed by atoms with Crippen LogP contribution in [-0.4, -0.2) is 24.6 Å². The number of benzene rings is 3. The second kappa shape index (κ2) is 19.9. The monoisotopic (exact) mass is 620 g/mol. The fourth-order valence-corrected chi connectivity index (χ4v) is 5.25. The van der Waals surface area contributed by atoms with Crippen molar-refractivity contribution in [3.8, 4) is 22.6 Å². The molecule has 0 heterocycles. The van der Waals surface area contributed by atoms with E-state index in [0.717, 1.165) is 36.8 Å². The quantitative estimate of drug-likeness (QED) is 0.0714. The second-order valence-corrected chi connectivity index (χ2v) is 11.9. The Labute approximate surface area is 269 Å². The summed E-state index contributed by atoms with van der Waals surface area (Å²) in [6.45, 7) is 6.97. The summed E-state index contributed by atoms with van der Waals surface area (Å²) in [6, 6.07) is 19.6. The van der Waals surface area contributed by atoms with Gasteiger partial charge in [-0.15, -0.1) is 0 Å². The molecule has 5 nitrogen and oxygen atoms in total. The zero-order valence-electron chi connectivity index (χ0n) is 26.7. The first-order valence-corrected chi connectivity index (χ1v) is 16.8. The molecule has 3 aromatic rings. The Balaban J connectivity index is 1.44. The van der Waals surface area contributed by atoms with E-state index in [-0.39, 0.29) is 12.1 Å². The van der Waals surface area contributed by atoms with Gasteiger partial charge in [-0.1, -0.05) is 114 Å². The summed E-state index contributed by atoms with van der Waals surface area (Å²) >= 11 is 6.40. The largest absolute Gasteiger partial charge is 0.492 e. The molecule has 0 bridgehead atoms. The lowest BCUT2D eigenvalue weighted by Crippen LogP contribution is -2.15. The predicted molar refractivity (Wildman–Crippen MR) is 180 cm³/mol. The third-order valence-electron chi connectivity index (χ3n) is 7.71. The van der Waals surface area contributed by atoms with Crippen LogP contribution in [0.5, 0.6) is 11.5 Å². The molecule has 0 aliphatic heterocycles. The van der Waals surface area contributed by atoms with Crippen molar-refractivity contribution < 1.29 is 23.8 Å². The molecule has 1 unspecified atom stereocenters. The van der Waals surface area contributed by atoms with E-state index in [1.165, 1.54) is 57.8 Å². The van der Waals surface area contributed by atoms with Gasteiger partial charge in [-0.2, -0.15) is 0 Å².